The van der Waals surface area contributed by atoms with E-state index in [1.54, 1.807) is 30.3 Å². The summed E-state index contributed by atoms with van der Waals surface area (Å²) in [5.41, 5.74) is 1.09. The molecule has 0 saturated carbocycles. The van der Waals surface area contributed by atoms with Crippen molar-refractivity contribution in [2.75, 3.05) is 12.1 Å². The van der Waals surface area contributed by atoms with Gasteiger partial charge >= 0.3 is 0 Å². The van der Waals surface area contributed by atoms with Gasteiger partial charge in [-0.05, 0) is 30.3 Å². The topological polar surface area (TPSA) is 103 Å². The molecular weight excluding hydrogens is 350 g/mol. The van der Waals surface area contributed by atoms with Crippen LogP contribution in [0.3, 0.4) is 0 Å². The molecule has 8 heteroatoms. The van der Waals surface area contributed by atoms with E-state index in [0.717, 1.165) is 0 Å². The number of rotatable bonds is 5. The van der Waals surface area contributed by atoms with Gasteiger partial charge in [-0.3, -0.25) is 14.6 Å². The van der Waals surface area contributed by atoms with E-state index >= 15 is 0 Å². The highest BCUT2D eigenvalue weighted by molar-refractivity contribution is 6.06. The van der Waals surface area contributed by atoms with Crippen LogP contribution in [0.1, 0.15) is 26.5 Å². The SMILES string of the molecule is O=C(NCc1ccco1)c1cncc(C(=O)Nc2ccc3c(c2)OCO3)c1. The van der Waals surface area contributed by atoms with Crippen LogP contribution in [-0.4, -0.2) is 23.6 Å². The summed E-state index contributed by atoms with van der Waals surface area (Å²) < 4.78 is 15.7. The Labute approximate surface area is 154 Å². The molecule has 1 aliphatic rings. The third kappa shape index (κ3) is 3.74. The minimum atomic E-state index is -0.387. The average molecular weight is 365 g/mol. The largest absolute Gasteiger partial charge is 0.467 e. The Morgan fingerprint density at radius 3 is 2.63 bits per heavy atom. The Hall–Kier alpha value is -3.81. The maximum absolute atomic E-state index is 12.5. The van der Waals surface area contributed by atoms with Crippen LogP contribution in [0.2, 0.25) is 0 Å². The van der Waals surface area contributed by atoms with Gasteiger partial charge < -0.3 is 24.5 Å². The number of hydrogen-bond acceptors (Lipinski definition) is 6. The molecule has 136 valence electrons. The maximum atomic E-state index is 12.5. The first kappa shape index (κ1) is 16.6. The Morgan fingerprint density at radius 2 is 1.81 bits per heavy atom. The lowest BCUT2D eigenvalue weighted by Gasteiger charge is -2.08. The van der Waals surface area contributed by atoms with Crippen molar-refractivity contribution in [2.24, 2.45) is 0 Å². The molecule has 0 atom stereocenters. The van der Waals surface area contributed by atoms with Crippen molar-refractivity contribution in [1.82, 2.24) is 10.3 Å². The molecule has 8 nitrogen and oxygen atoms in total. The van der Waals surface area contributed by atoms with Gasteiger partial charge in [-0.15, -0.1) is 0 Å². The zero-order valence-corrected chi connectivity index (χ0v) is 14.1. The van der Waals surface area contributed by atoms with E-state index in [0.29, 0.717) is 22.9 Å². The van der Waals surface area contributed by atoms with Crippen molar-refractivity contribution in [1.29, 1.82) is 0 Å². The lowest BCUT2D eigenvalue weighted by molar-refractivity contribution is 0.0947. The molecule has 27 heavy (non-hydrogen) atoms. The molecule has 0 radical (unpaired) electrons. The first-order chi connectivity index (χ1) is 13.2. The smallest absolute Gasteiger partial charge is 0.257 e. The fraction of sp³-hybridized carbons (Fsp3) is 0.105. The number of carbonyl (C=O) groups is 2. The lowest BCUT2D eigenvalue weighted by Crippen LogP contribution is -2.23. The van der Waals surface area contributed by atoms with Gasteiger partial charge in [-0.2, -0.15) is 0 Å². The van der Waals surface area contributed by atoms with Gasteiger partial charge in [-0.1, -0.05) is 0 Å². The van der Waals surface area contributed by atoms with Gasteiger partial charge in [-0.25, -0.2) is 0 Å². The van der Waals surface area contributed by atoms with Crippen LogP contribution in [0.4, 0.5) is 5.69 Å². The molecule has 0 aliphatic carbocycles. The number of fused-ring (bicyclic) bond motifs is 1. The van der Waals surface area contributed by atoms with E-state index in [1.807, 2.05) is 0 Å². The van der Waals surface area contributed by atoms with Crippen LogP contribution in [-0.2, 0) is 6.54 Å². The molecule has 0 unspecified atom stereocenters. The van der Waals surface area contributed by atoms with E-state index in [-0.39, 0.29) is 36.3 Å². The number of pyridine rings is 1. The molecule has 3 heterocycles. The fourth-order valence-electron chi connectivity index (χ4n) is 2.55. The number of aromatic nitrogens is 1. The number of anilines is 1. The Bertz CT molecular complexity index is 985. The van der Waals surface area contributed by atoms with Crippen LogP contribution >= 0.6 is 0 Å². The molecule has 0 spiro atoms. The Kier molecular flexibility index (Phi) is 4.44. The standard InChI is InChI=1S/C19H15N3O5/c23-18(21-10-15-2-1-5-25-15)12-6-13(9-20-8-12)19(24)22-14-3-4-16-17(7-14)27-11-26-16/h1-9H,10-11H2,(H,21,23)(H,22,24). The zero-order valence-electron chi connectivity index (χ0n) is 14.1. The molecule has 2 aromatic heterocycles. The van der Waals surface area contributed by atoms with Crippen molar-refractivity contribution in [3.63, 3.8) is 0 Å². The summed E-state index contributed by atoms with van der Waals surface area (Å²) in [7, 11) is 0. The monoisotopic (exact) mass is 365 g/mol. The summed E-state index contributed by atoms with van der Waals surface area (Å²) in [5, 5.41) is 5.46. The molecule has 4 rings (SSSR count). The molecular formula is C19H15N3O5. The molecule has 0 bridgehead atoms. The van der Waals surface area contributed by atoms with E-state index in [9.17, 15) is 9.59 Å². The second kappa shape index (κ2) is 7.20. The number of nitrogens with zero attached hydrogens (tertiary/aromatic N) is 1. The third-order valence-electron chi connectivity index (χ3n) is 3.90. The highest BCUT2D eigenvalue weighted by atomic mass is 16.7. The highest BCUT2D eigenvalue weighted by Gasteiger charge is 2.16. The summed E-state index contributed by atoms with van der Waals surface area (Å²) in [6.07, 6.45) is 4.32. The Balaban J connectivity index is 1.43. The second-order valence-corrected chi connectivity index (χ2v) is 5.75. The summed E-state index contributed by atoms with van der Waals surface area (Å²) in [6.45, 7) is 0.408. The van der Waals surface area contributed by atoms with E-state index in [4.69, 9.17) is 13.9 Å². The molecule has 2 N–H and O–H groups in total. The molecule has 0 fully saturated rings. The fourth-order valence-corrected chi connectivity index (χ4v) is 2.55. The van der Waals surface area contributed by atoms with E-state index in [1.165, 1.54) is 24.7 Å². The van der Waals surface area contributed by atoms with Crippen molar-refractivity contribution in [3.05, 3.63) is 71.9 Å². The summed E-state index contributed by atoms with van der Waals surface area (Å²) in [6, 6.07) is 10.1. The van der Waals surface area contributed by atoms with Gasteiger partial charge in [0.05, 0.1) is 23.9 Å². The Morgan fingerprint density at radius 1 is 1.00 bits per heavy atom. The molecule has 0 saturated heterocycles. The minimum Gasteiger partial charge on any atom is -0.467 e. The van der Waals surface area contributed by atoms with Crippen molar-refractivity contribution in [2.45, 2.75) is 6.54 Å². The number of nitrogens with one attached hydrogen (secondary N) is 2. The van der Waals surface area contributed by atoms with Crippen molar-refractivity contribution >= 4 is 17.5 Å². The number of carbonyl (C=O) groups excluding carboxylic acids is 2. The number of hydrogen-bond donors (Lipinski definition) is 2. The number of amides is 2. The van der Waals surface area contributed by atoms with Gasteiger partial charge in [0.2, 0.25) is 6.79 Å². The van der Waals surface area contributed by atoms with Gasteiger partial charge in [0.25, 0.3) is 11.8 Å². The predicted molar refractivity (Wildman–Crippen MR) is 94.6 cm³/mol. The van der Waals surface area contributed by atoms with E-state index in [2.05, 4.69) is 15.6 Å². The molecule has 3 aromatic rings. The molecule has 1 aromatic carbocycles. The third-order valence-corrected chi connectivity index (χ3v) is 3.90. The highest BCUT2D eigenvalue weighted by Crippen LogP contribution is 2.34. The first-order valence-corrected chi connectivity index (χ1v) is 8.16. The number of benzene rings is 1. The van der Waals surface area contributed by atoms with Crippen LogP contribution in [0.25, 0.3) is 0 Å². The van der Waals surface area contributed by atoms with Crippen molar-refractivity contribution in [3.8, 4) is 11.5 Å². The summed E-state index contributed by atoms with van der Waals surface area (Å²) in [5.74, 6) is 1.09. The van der Waals surface area contributed by atoms with Crippen molar-refractivity contribution < 1.29 is 23.5 Å². The van der Waals surface area contributed by atoms with Crippen LogP contribution < -0.4 is 20.1 Å². The number of ether oxygens (including phenoxy) is 2. The predicted octanol–water partition coefficient (Wildman–Crippen LogP) is 2.59. The van der Waals surface area contributed by atoms with Gasteiger partial charge in [0, 0.05) is 24.1 Å². The van der Waals surface area contributed by atoms with E-state index < -0.39 is 0 Å². The van der Waals surface area contributed by atoms with Crippen LogP contribution in [0, 0.1) is 0 Å². The second-order valence-electron chi connectivity index (χ2n) is 5.75. The van der Waals surface area contributed by atoms with Gasteiger partial charge in [0.15, 0.2) is 11.5 Å². The maximum Gasteiger partial charge on any atom is 0.257 e. The summed E-state index contributed by atoms with van der Waals surface area (Å²) in [4.78, 5) is 28.7. The number of furan rings is 1. The van der Waals surface area contributed by atoms with Crippen LogP contribution in [0.5, 0.6) is 11.5 Å². The normalized spacial score (nSPS) is 11.9. The quantitative estimate of drug-likeness (QED) is 0.720. The molecule has 2 amide bonds. The first-order valence-electron chi connectivity index (χ1n) is 8.16. The zero-order chi connectivity index (χ0) is 18.6. The van der Waals surface area contributed by atoms with Crippen LogP contribution in [0.15, 0.2) is 59.5 Å². The lowest BCUT2D eigenvalue weighted by atomic mass is 10.1. The minimum absolute atomic E-state index is 0.159. The summed E-state index contributed by atoms with van der Waals surface area (Å²) >= 11 is 0. The molecule has 1 aliphatic heterocycles. The van der Waals surface area contributed by atoms with Gasteiger partial charge in [0.1, 0.15) is 5.76 Å². The average Bonchev–Trinajstić information content (AvgIpc) is 3.37.